The van der Waals surface area contributed by atoms with Crippen molar-refractivity contribution >= 4 is 0 Å². The summed E-state index contributed by atoms with van der Waals surface area (Å²) < 4.78 is 7.39. The van der Waals surface area contributed by atoms with E-state index in [4.69, 9.17) is 10.2 Å². The number of furan rings is 1. The molecule has 0 saturated heterocycles. The summed E-state index contributed by atoms with van der Waals surface area (Å²) in [7, 11) is 0. The Labute approximate surface area is 93.3 Å². The molecule has 1 unspecified atom stereocenters. The van der Waals surface area contributed by atoms with E-state index in [0.29, 0.717) is 5.82 Å². The number of nitrogens with two attached hydrogens (primary N) is 1. The van der Waals surface area contributed by atoms with Crippen LogP contribution >= 0.6 is 0 Å². The smallest absolute Gasteiger partial charge is 0.217 e. The largest absolute Gasteiger partial charge is 0.458 e. The van der Waals surface area contributed by atoms with E-state index >= 15 is 0 Å². The molecule has 84 valence electrons. The number of aryl methyl sites for hydroxylation is 2. The van der Waals surface area contributed by atoms with E-state index in [2.05, 4.69) is 10.1 Å². The van der Waals surface area contributed by atoms with Crippen LogP contribution in [0.1, 0.15) is 18.0 Å². The van der Waals surface area contributed by atoms with Gasteiger partial charge in [0.25, 0.3) is 0 Å². The van der Waals surface area contributed by atoms with Crippen molar-refractivity contribution < 1.29 is 4.42 Å². The quantitative estimate of drug-likeness (QED) is 0.778. The van der Waals surface area contributed by atoms with Gasteiger partial charge < -0.3 is 10.2 Å². The lowest BCUT2D eigenvalue weighted by molar-refractivity contribution is 0.421. The zero-order chi connectivity index (χ0) is 11.1. The lowest BCUT2D eigenvalue weighted by Gasteiger charge is -2.17. The van der Waals surface area contributed by atoms with Crippen molar-refractivity contribution in [1.29, 1.82) is 0 Å². The van der Waals surface area contributed by atoms with Crippen LogP contribution in [0.5, 0.6) is 0 Å². The Kier molecular flexibility index (Phi) is 2.07. The molecule has 2 aromatic heterocycles. The molecule has 0 aliphatic carbocycles. The minimum atomic E-state index is 0.195. The van der Waals surface area contributed by atoms with Crippen LogP contribution in [0.15, 0.2) is 16.5 Å². The van der Waals surface area contributed by atoms with Crippen LogP contribution in [0.2, 0.25) is 0 Å². The van der Waals surface area contributed by atoms with E-state index < -0.39 is 0 Å². The highest BCUT2D eigenvalue weighted by atomic mass is 16.3. The second-order valence-corrected chi connectivity index (χ2v) is 4.24. The van der Waals surface area contributed by atoms with Gasteiger partial charge in [-0.1, -0.05) is 0 Å². The van der Waals surface area contributed by atoms with Gasteiger partial charge in [-0.05, 0) is 25.5 Å². The van der Waals surface area contributed by atoms with E-state index in [9.17, 15) is 0 Å². The summed E-state index contributed by atoms with van der Waals surface area (Å²) in [5.74, 6) is 3.27. The van der Waals surface area contributed by atoms with Gasteiger partial charge in [0.15, 0.2) is 5.76 Å². The van der Waals surface area contributed by atoms with Crippen LogP contribution in [0, 0.1) is 6.92 Å². The molecule has 0 saturated carbocycles. The molecule has 3 heterocycles. The van der Waals surface area contributed by atoms with E-state index in [1.807, 2.05) is 23.7 Å². The summed E-state index contributed by atoms with van der Waals surface area (Å²) in [5.41, 5.74) is 5.89. The Morgan fingerprint density at radius 2 is 2.38 bits per heavy atom. The van der Waals surface area contributed by atoms with Crippen molar-refractivity contribution in [2.45, 2.75) is 32.4 Å². The number of hydrogen-bond donors (Lipinski definition) is 1. The molecule has 0 radical (unpaired) electrons. The summed E-state index contributed by atoms with van der Waals surface area (Å²) in [5, 5.41) is 4.42. The highest BCUT2D eigenvalue weighted by molar-refractivity contribution is 5.46. The Balaban J connectivity index is 1.98. The molecule has 0 bridgehead atoms. The van der Waals surface area contributed by atoms with Gasteiger partial charge in [-0.2, -0.15) is 0 Å². The lowest BCUT2D eigenvalue weighted by atomic mass is 10.1. The van der Waals surface area contributed by atoms with Gasteiger partial charge in [0.1, 0.15) is 11.6 Å². The molecule has 0 fully saturated rings. The van der Waals surface area contributed by atoms with E-state index in [0.717, 1.165) is 36.7 Å². The van der Waals surface area contributed by atoms with Crippen LogP contribution in [0.3, 0.4) is 0 Å². The minimum absolute atomic E-state index is 0.195. The average Bonchev–Trinajstić information content (AvgIpc) is 2.83. The predicted molar refractivity (Wildman–Crippen MR) is 58.8 cm³/mol. The molecule has 3 rings (SSSR count). The topological polar surface area (TPSA) is 69.9 Å². The summed E-state index contributed by atoms with van der Waals surface area (Å²) in [6.07, 6.45) is 1.88. The maximum atomic E-state index is 5.89. The number of fused-ring (bicyclic) bond motifs is 1. The summed E-state index contributed by atoms with van der Waals surface area (Å²) in [6.45, 7) is 2.66. The average molecular weight is 218 g/mol. The standard InChI is InChI=1S/C11H14N4O/c1-7-2-4-9(16-7)11-13-10-5-3-8(12)6-15(10)14-11/h2,4,8H,3,5-6,12H2,1H3. The number of aromatic nitrogens is 3. The van der Waals surface area contributed by atoms with Crippen molar-refractivity contribution in [3.8, 4) is 11.6 Å². The second kappa shape index (κ2) is 3.45. The third kappa shape index (κ3) is 1.53. The first-order valence-electron chi connectivity index (χ1n) is 5.48. The maximum Gasteiger partial charge on any atom is 0.217 e. The van der Waals surface area contributed by atoms with Gasteiger partial charge in [-0.15, -0.1) is 5.10 Å². The number of nitrogens with zero attached hydrogens (tertiary/aromatic N) is 3. The molecule has 0 spiro atoms. The third-order valence-electron chi connectivity index (χ3n) is 2.86. The van der Waals surface area contributed by atoms with Gasteiger partial charge in [0.05, 0.1) is 6.54 Å². The zero-order valence-corrected chi connectivity index (χ0v) is 9.18. The monoisotopic (exact) mass is 218 g/mol. The van der Waals surface area contributed by atoms with Crippen LogP contribution in [0.4, 0.5) is 0 Å². The fraction of sp³-hybridized carbons (Fsp3) is 0.455. The van der Waals surface area contributed by atoms with Gasteiger partial charge >= 0.3 is 0 Å². The van der Waals surface area contributed by atoms with Crippen LogP contribution in [-0.2, 0) is 13.0 Å². The number of rotatable bonds is 1. The molecular weight excluding hydrogens is 204 g/mol. The molecule has 5 heteroatoms. The molecule has 1 atom stereocenters. The number of hydrogen-bond acceptors (Lipinski definition) is 4. The van der Waals surface area contributed by atoms with Crippen LogP contribution < -0.4 is 5.73 Å². The Hall–Kier alpha value is -1.62. The highest BCUT2D eigenvalue weighted by Gasteiger charge is 2.20. The fourth-order valence-electron chi connectivity index (χ4n) is 1.99. The molecule has 5 nitrogen and oxygen atoms in total. The molecule has 2 N–H and O–H groups in total. The van der Waals surface area contributed by atoms with E-state index in [1.54, 1.807) is 0 Å². The Morgan fingerprint density at radius 1 is 1.50 bits per heavy atom. The second-order valence-electron chi connectivity index (χ2n) is 4.24. The Morgan fingerprint density at radius 3 is 3.12 bits per heavy atom. The van der Waals surface area contributed by atoms with Crippen molar-refractivity contribution in [2.75, 3.05) is 0 Å². The molecule has 1 aliphatic heterocycles. The van der Waals surface area contributed by atoms with Crippen molar-refractivity contribution in [3.05, 3.63) is 23.7 Å². The first-order valence-corrected chi connectivity index (χ1v) is 5.48. The van der Waals surface area contributed by atoms with Gasteiger partial charge in [-0.3, -0.25) is 0 Å². The first kappa shape index (κ1) is 9.59. The predicted octanol–water partition coefficient (Wildman–Crippen LogP) is 1.12. The van der Waals surface area contributed by atoms with E-state index in [1.165, 1.54) is 0 Å². The zero-order valence-electron chi connectivity index (χ0n) is 9.18. The first-order chi connectivity index (χ1) is 7.72. The third-order valence-corrected chi connectivity index (χ3v) is 2.86. The molecular formula is C11H14N4O. The highest BCUT2D eigenvalue weighted by Crippen LogP contribution is 2.21. The van der Waals surface area contributed by atoms with Gasteiger partial charge in [0, 0.05) is 12.5 Å². The normalized spacial score (nSPS) is 19.8. The summed E-state index contributed by atoms with van der Waals surface area (Å²) in [4.78, 5) is 4.47. The summed E-state index contributed by atoms with van der Waals surface area (Å²) >= 11 is 0. The van der Waals surface area contributed by atoms with Gasteiger partial charge in [0.2, 0.25) is 5.82 Å². The van der Waals surface area contributed by atoms with Gasteiger partial charge in [-0.25, -0.2) is 9.67 Å². The molecule has 16 heavy (non-hydrogen) atoms. The molecule has 0 amide bonds. The SMILES string of the molecule is Cc1ccc(-c2nc3n(n2)CC(N)CC3)o1. The van der Waals surface area contributed by atoms with E-state index in [-0.39, 0.29) is 6.04 Å². The van der Waals surface area contributed by atoms with Crippen molar-refractivity contribution in [2.24, 2.45) is 5.73 Å². The fourth-order valence-corrected chi connectivity index (χ4v) is 1.99. The summed E-state index contributed by atoms with van der Waals surface area (Å²) in [6, 6.07) is 4.01. The molecule has 1 aliphatic rings. The molecule has 2 aromatic rings. The van der Waals surface area contributed by atoms with Crippen molar-refractivity contribution in [3.63, 3.8) is 0 Å². The Bertz CT molecular complexity index is 514. The lowest BCUT2D eigenvalue weighted by Crippen LogP contribution is -2.32. The molecule has 0 aromatic carbocycles. The van der Waals surface area contributed by atoms with Crippen LogP contribution in [-0.4, -0.2) is 20.8 Å². The minimum Gasteiger partial charge on any atom is -0.458 e. The van der Waals surface area contributed by atoms with Crippen LogP contribution in [0.25, 0.3) is 11.6 Å². The maximum absolute atomic E-state index is 5.89. The van der Waals surface area contributed by atoms with Crippen molar-refractivity contribution in [1.82, 2.24) is 14.8 Å².